The Kier molecular flexibility index (Phi) is 3.73. The van der Waals surface area contributed by atoms with Gasteiger partial charge in [-0.15, -0.1) is 0 Å². The van der Waals surface area contributed by atoms with E-state index in [9.17, 15) is 0 Å². The van der Waals surface area contributed by atoms with E-state index >= 15 is 0 Å². The van der Waals surface area contributed by atoms with E-state index in [1.54, 1.807) is 0 Å². The largest absolute Gasteiger partial charge is 0.304 e. The van der Waals surface area contributed by atoms with Gasteiger partial charge in [0.1, 0.15) is 7.63 Å². The molecule has 0 aliphatic rings. The lowest BCUT2D eigenvalue weighted by molar-refractivity contribution is -0.106. The lowest BCUT2D eigenvalue weighted by atomic mass is 9.88. The van der Waals surface area contributed by atoms with Crippen molar-refractivity contribution in [3.05, 3.63) is 35.9 Å². The summed E-state index contributed by atoms with van der Waals surface area (Å²) in [5.74, 6) is 0. The summed E-state index contributed by atoms with van der Waals surface area (Å²) in [6.07, 6.45) is 0.577. The van der Waals surface area contributed by atoms with Gasteiger partial charge in [0.25, 0.3) is 0 Å². The zero-order valence-corrected chi connectivity index (χ0v) is 9.50. The summed E-state index contributed by atoms with van der Waals surface area (Å²) in [5.41, 5.74) is 1.83. The van der Waals surface area contributed by atoms with Crippen LogP contribution in [-0.4, -0.2) is 6.26 Å². The van der Waals surface area contributed by atoms with E-state index in [1.807, 2.05) is 0 Å². The molecule has 0 saturated carbocycles. The van der Waals surface area contributed by atoms with Crippen molar-refractivity contribution in [1.82, 2.24) is 0 Å². The van der Waals surface area contributed by atoms with Crippen LogP contribution in [-0.2, 0) is 11.2 Å². The van der Waals surface area contributed by atoms with Gasteiger partial charge in [0, 0.05) is 5.94 Å². The van der Waals surface area contributed by atoms with Crippen LogP contribution in [0.15, 0.2) is 30.3 Å². The van der Waals surface area contributed by atoms with Crippen LogP contribution in [0.1, 0.15) is 40.6 Å². The second kappa shape index (κ2) is 6.36. The summed E-state index contributed by atoms with van der Waals surface area (Å²) < 4.78 is 25.9. The quantitative estimate of drug-likeness (QED) is 0.628. The number of carbonyl (C=O) groups is 1. The monoisotopic (exact) mass is 201 g/mol. The van der Waals surface area contributed by atoms with Gasteiger partial charge in [-0.1, -0.05) is 51.1 Å². The molecule has 0 radical (unpaired) electrons. The van der Waals surface area contributed by atoms with Gasteiger partial charge in [0.05, 0.1) is 0 Å². The zero-order valence-electron chi connectivity index (χ0n) is 14.5. The van der Waals surface area contributed by atoms with Crippen molar-refractivity contribution in [1.29, 1.82) is 0 Å². The molecule has 0 fully saturated rings. The van der Waals surface area contributed by atoms with E-state index < -0.39 is 6.26 Å². The average molecular weight is 201 g/mol. The van der Waals surface area contributed by atoms with Gasteiger partial charge in [-0.05, 0) is 24.3 Å². The minimum absolute atomic E-state index is 0.404. The Balaban J connectivity index is -0.000000271. The molecule has 0 unspecified atom stereocenters. The van der Waals surface area contributed by atoms with Gasteiger partial charge in [-0.2, -0.15) is 0 Å². The number of rotatable bonds is 1. The maximum Gasteiger partial charge on any atom is 0.116 e. The summed E-state index contributed by atoms with van der Waals surface area (Å²) in [7, 11) is 0. The molecule has 0 saturated heterocycles. The zero-order chi connectivity index (χ0) is 15.9. The Hall–Kier alpha value is -1.11. The standard InChI is InChI=1S/C11H16.C2H4O.2H2/c1-11(2,3)9-10-7-5-4-6-8-10;1-2-3;;/h4-8H,9H2,1-3H3;2H,1H3;2*1H/i;2D;2*1+1D. The lowest BCUT2D eigenvalue weighted by Crippen LogP contribution is -2.08. The van der Waals surface area contributed by atoms with Crippen LogP contribution in [0.25, 0.3) is 0 Å². The van der Waals surface area contributed by atoms with Crippen molar-refractivity contribution < 1.29 is 12.1 Å². The topological polar surface area (TPSA) is 17.1 Å². The minimum atomic E-state index is -0.583. The number of hydrogen-bond acceptors (Lipinski definition) is 1. The Bertz CT molecular complexity index is 292. The summed E-state index contributed by atoms with van der Waals surface area (Å²) in [6, 6.07) is 10.6. The number of benzene rings is 1. The first-order valence-corrected chi connectivity index (χ1v) is 4.82. The molecule has 0 aromatic heterocycles. The number of carbonyl (C=O) groups excluding carboxylic acids is 1. The van der Waals surface area contributed by atoms with Crippen molar-refractivity contribution in [3.8, 4) is 0 Å². The van der Waals surface area contributed by atoms with Gasteiger partial charge in [-0.25, -0.2) is 0 Å². The van der Waals surface area contributed by atoms with Crippen LogP contribution >= 0.6 is 0 Å². The second-order valence-electron chi connectivity index (χ2n) is 4.43. The highest BCUT2D eigenvalue weighted by atomic mass is 16.1. The van der Waals surface area contributed by atoms with Crippen LogP contribution in [0.4, 0.5) is 0 Å². The average Bonchev–Trinajstić information content (AvgIpc) is 2.32. The van der Waals surface area contributed by atoms with Crippen LogP contribution in [0.3, 0.4) is 0 Å². The molecule has 0 atom stereocenters. The summed E-state index contributed by atoms with van der Waals surface area (Å²) in [5, 5.41) is 0. The van der Waals surface area contributed by atoms with E-state index in [0.29, 0.717) is 5.41 Å². The van der Waals surface area contributed by atoms with Crippen LogP contribution in [0.2, 0.25) is 0 Å². The van der Waals surface area contributed by atoms with Crippen LogP contribution in [0, 0.1) is 5.41 Å². The van der Waals surface area contributed by atoms with Crippen LogP contribution < -0.4 is 0 Å². The van der Waals surface area contributed by atoms with Crippen LogP contribution in [0.5, 0.6) is 0 Å². The smallest absolute Gasteiger partial charge is 0.116 e. The van der Waals surface area contributed by atoms with E-state index in [4.69, 9.17) is 12.1 Å². The molecular weight excluding hydrogens is 172 g/mol. The SMILES string of the molecule is CC(C)(C)Cc1ccccc1.[2H]C(C)=O.[2H][2H].[2H][2H]. The lowest BCUT2D eigenvalue weighted by Gasteiger charge is -2.17. The Morgan fingerprint density at radius 2 is 1.86 bits per heavy atom. The van der Waals surface area contributed by atoms with Gasteiger partial charge in [-0.3, -0.25) is 0 Å². The first kappa shape index (κ1) is 8.22. The summed E-state index contributed by atoms with van der Waals surface area (Å²) in [6.45, 7) is 7.99. The molecule has 0 aliphatic heterocycles. The Morgan fingerprint density at radius 1 is 1.43 bits per heavy atom. The van der Waals surface area contributed by atoms with E-state index in [2.05, 4.69) is 51.1 Å². The molecule has 14 heavy (non-hydrogen) atoms. The molecule has 1 heteroatoms. The maximum atomic E-state index is 9.11. The third-order valence-electron chi connectivity index (χ3n) is 1.58. The third-order valence-corrected chi connectivity index (χ3v) is 1.58. The molecule has 0 bridgehead atoms. The highest BCUT2D eigenvalue weighted by molar-refractivity contribution is 5.44. The minimum Gasteiger partial charge on any atom is -0.304 e. The molecule has 0 aliphatic carbocycles. The van der Waals surface area contributed by atoms with Crippen molar-refractivity contribution in [2.75, 3.05) is 0 Å². The molecule has 0 spiro atoms. The van der Waals surface area contributed by atoms with E-state index in [0.717, 1.165) is 6.42 Å². The van der Waals surface area contributed by atoms with Crippen molar-refractivity contribution in [2.24, 2.45) is 5.41 Å². The molecule has 0 heterocycles. The fourth-order valence-corrected chi connectivity index (χ4v) is 1.21. The summed E-state index contributed by atoms with van der Waals surface area (Å²) in [4.78, 5) is 9.11. The van der Waals surface area contributed by atoms with Gasteiger partial charge in [0.2, 0.25) is 0 Å². The van der Waals surface area contributed by atoms with Gasteiger partial charge < -0.3 is 4.79 Å². The fraction of sp³-hybridized carbons (Fsp3) is 0.462. The van der Waals surface area contributed by atoms with E-state index in [-0.39, 0.29) is 0 Å². The third kappa shape index (κ3) is 7.53. The molecule has 1 rings (SSSR count). The summed E-state index contributed by atoms with van der Waals surface area (Å²) >= 11 is 0. The molecule has 1 aromatic rings. The maximum absolute atomic E-state index is 9.11. The first-order chi connectivity index (χ1) is 8.81. The molecular formula is C13H24O. The van der Waals surface area contributed by atoms with Gasteiger partial charge in [0.15, 0.2) is 0 Å². The number of hydrogen-bond donors (Lipinski definition) is 0. The molecule has 0 amide bonds. The number of aldehydes is 1. The fourth-order valence-electron chi connectivity index (χ4n) is 1.21. The molecule has 1 nitrogen and oxygen atoms in total. The predicted octanol–water partition coefficient (Wildman–Crippen LogP) is 3.97. The second-order valence-corrected chi connectivity index (χ2v) is 4.43. The Labute approximate surface area is 94.7 Å². The van der Waals surface area contributed by atoms with Gasteiger partial charge >= 0.3 is 0 Å². The first-order valence-electron chi connectivity index (χ1n) is 7.32. The highest BCUT2D eigenvalue weighted by Gasteiger charge is 2.09. The molecule has 0 N–H and O–H groups in total. The van der Waals surface area contributed by atoms with Crippen molar-refractivity contribution in [3.63, 3.8) is 0 Å². The van der Waals surface area contributed by atoms with E-state index in [1.165, 1.54) is 12.5 Å². The highest BCUT2D eigenvalue weighted by Crippen LogP contribution is 2.19. The normalized spacial score (nSPS) is 12.1. The molecule has 82 valence electrons. The Morgan fingerprint density at radius 3 is 2.21 bits per heavy atom. The van der Waals surface area contributed by atoms with Crippen molar-refractivity contribution >= 4 is 6.26 Å². The molecule has 1 aromatic carbocycles. The predicted molar refractivity (Wildman–Crippen MR) is 65.6 cm³/mol. The van der Waals surface area contributed by atoms with Crippen molar-refractivity contribution in [2.45, 2.75) is 34.1 Å².